The second kappa shape index (κ2) is 4.95. The van der Waals surface area contributed by atoms with Crippen molar-refractivity contribution in [3.05, 3.63) is 29.6 Å². The van der Waals surface area contributed by atoms with Crippen LogP contribution in [0, 0.1) is 0 Å². The van der Waals surface area contributed by atoms with Gasteiger partial charge < -0.3 is 5.11 Å². The van der Waals surface area contributed by atoms with Crippen molar-refractivity contribution in [2.24, 2.45) is 0 Å². The van der Waals surface area contributed by atoms with E-state index < -0.39 is 23.3 Å². The molecule has 6 nitrogen and oxygen atoms in total. The van der Waals surface area contributed by atoms with Gasteiger partial charge in [-0.15, -0.1) is 0 Å². The summed E-state index contributed by atoms with van der Waals surface area (Å²) < 4.78 is 0. The van der Waals surface area contributed by atoms with Gasteiger partial charge in [0, 0.05) is 12.4 Å². The van der Waals surface area contributed by atoms with E-state index in [4.69, 9.17) is 0 Å². The second-order valence-electron chi connectivity index (χ2n) is 5.62. The summed E-state index contributed by atoms with van der Waals surface area (Å²) in [5, 5.41) is 9.73. The summed E-state index contributed by atoms with van der Waals surface area (Å²) in [5.41, 5.74) is -0.962. The van der Waals surface area contributed by atoms with Crippen LogP contribution in [-0.2, 0) is 4.79 Å². The predicted molar refractivity (Wildman–Crippen MR) is 72.8 cm³/mol. The van der Waals surface area contributed by atoms with Crippen LogP contribution in [0.1, 0.15) is 59.2 Å². The monoisotopic (exact) mass is 288 g/mol. The van der Waals surface area contributed by atoms with Crippen LogP contribution in [0.2, 0.25) is 0 Å². The van der Waals surface area contributed by atoms with Crippen LogP contribution in [0.15, 0.2) is 18.5 Å². The molecule has 0 bridgehead atoms. The molecule has 1 aliphatic carbocycles. The lowest BCUT2D eigenvalue weighted by atomic mass is 9.88. The number of carbonyl (C=O) groups excluding carboxylic acids is 2. The summed E-state index contributed by atoms with van der Waals surface area (Å²) >= 11 is 0. The van der Waals surface area contributed by atoms with E-state index in [1.165, 1.54) is 18.5 Å². The fraction of sp³-hybridized carbons (Fsp3) is 0.467. The van der Waals surface area contributed by atoms with Crippen molar-refractivity contribution < 1.29 is 19.5 Å². The summed E-state index contributed by atoms with van der Waals surface area (Å²) in [7, 11) is 0. The number of pyridine rings is 1. The van der Waals surface area contributed by atoms with Gasteiger partial charge in [0.05, 0.1) is 11.1 Å². The highest BCUT2D eigenvalue weighted by Crippen LogP contribution is 2.38. The lowest BCUT2D eigenvalue weighted by Gasteiger charge is -2.35. The van der Waals surface area contributed by atoms with E-state index in [0.717, 1.165) is 17.7 Å². The van der Waals surface area contributed by atoms with Gasteiger partial charge in [-0.05, 0) is 18.9 Å². The molecule has 21 heavy (non-hydrogen) atoms. The molecular weight excluding hydrogens is 272 g/mol. The molecule has 2 aliphatic rings. The molecule has 6 heteroatoms. The Morgan fingerprint density at radius 1 is 1.10 bits per heavy atom. The Bertz CT molecular complexity index is 583. The molecule has 0 aromatic carbocycles. The smallest absolute Gasteiger partial charge is 0.330 e. The zero-order chi connectivity index (χ0) is 15.0. The first-order valence-corrected chi connectivity index (χ1v) is 7.14. The summed E-state index contributed by atoms with van der Waals surface area (Å²) in [6.45, 7) is 0. The molecule has 1 N–H and O–H groups in total. The van der Waals surface area contributed by atoms with E-state index >= 15 is 0 Å². The van der Waals surface area contributed by atoms with E-state index in [1.807, 2.05) is 0 Å². The van der Waals surface area contributed by atoms with Gasteiger partial charge in [0.15, 0.2) is 0 Å². The molecule has 0 unspecified atom stereocenters. The highest BCUT2D eigenvalue weighted by molar-refractivity contribution is 6.23. The lowest BCUT2D eigenvalue weighted by molar-refractivity contribution is -0.149. The Hall–Kier alpha value is -2.24. The third-order valence-corrected chi connectivity index (χ3v) is 4.44. The molecule has 1 aliphatic heterocycles. The third kappa shape index (κ3) is 1.93. The van der Waals surface area contributed by atoms with Crippen molar-refractivity contribution in [1.29, 1.82) is 0 Å². The van der Waals surface area contributed by atoms with Crippen LogP contribution < -0.4 is 0 Å². The molecule has 3 rings (SSSR count). The molecule has 0 atom stereocenters. The van der Waals surface area contributed by atoms with Crippen LogP contribution in [0.5, 0.6) is 0 Å². The minimum Gasteiger partial charge on any atom is -0.479 e. The molecule has 2 amide bonds. The van der Waals surface area contributed by atoms with Gasteiger partial charge >= 0.3 is 5.97 Å². The molecule has 2 heterocycles. The van der Waals surface area contributed by atoms with E-state index in [-0.39, 0.29) is 11.1 Å². The number of rotatable bonds is 2. The maximum absolute atomic E-state index is 12.5. The fourth-order valence-corrected chi connectivity index (χ4v) is 3.32. The maximum atomic E-state index is 12.5. The lowest BCUT2D eigenvalue weighted by Crippen LogP contribution is -2.56. The highest BCUT2D eigenvalue weighted by atomic mass is 16.4. The highest BCUT2D eigenvalue weighted by Gasteiger charge is 2.53. The first kappa shape index (κ1) is 13.7. The van der Waals surface area contributed by atoms with Gasteiger partial charge in [0.2, 0.25) is 0 Å². The number of fused-ring (bicyclic) bond motifs is 1. The van der Waals surface area contributed by atoms with Crippen molar-refractivity contribution in [3.8, 4) is 0 Å². The van der Waals surface area contributed by atoms with Crippen molar-refractivity contribution in [3.63, 3.8) is 0 Å². The molecule has 1 fully saturated rings. The fourth-order valence-electron chi connectivity index (χ4n) is 3.32. The van der Waals surface area contributed by atoms with Crippen molar-refractivity contribution >= 4 is 17.8 Å². The minimum atomic E-state index is -1.41. The summed E-state index contributed by atoms with van der Waals surface area (Å²) in [4.78, 5) is 41.8. The number of aromatic nitrogens is 1. The van der Waals surface area contributed by atoms with Crippen LogP contribution in [0.3, 0.4) is 0 Å². The number of aliphatic carboxylic acids is 1. The van der Waals surface area contributed by atoms with Crippen LogP contribution in [0.25, 0.3) is 0 Å². The summed E-state index contributed by atoms with van der Waals surface area (Å²) in [6.07, 6.45) is 6.69. The molecule has 1 saturated carbocycles. The number of imide groups is 1. The summed E-state index contributed by atoms with van der Waals surface area (Å²) in [6, 6.07) is 1.47. The third-order valence-electron chi connectivity index (χ3n) is 4.44. The van der Waals surface area contributed by atoms with Gasteiger partial charge in [-0.2, -0.15) is 0 Å². The van der Waals surface area contributed by atoms with Gasteiger partial charge in [-0.25, -0.2) is 4.79 Å². The van der Waals surface area contributed by atoms with Gasteiger partial charge in [-0.1, -0.05) is 25.7 Å². The van der Waals surface area contributed by atoms with E-state index in [9.17, 15) is 19.5 Å². The number of hydrogen-bond acceptors (Lipinski definition) is 4. The standard InChI is InChI=1S/C15H16N2O4/c18-12-10-5-8-16-9-11(10)13(19)17(12)15(14(20)21)6-3-1-2-4-7-15/h5,8-9H,1-4,6-7H2,(H,20,21). The SMILES string of the molecule is O=C1c2ccncc2C(=O)N1C1(C(=O)O)CCCCCC1. The second-order valence-corrected chi connectivity index (χ2v) is 5.62. The van der Waals surface area contributed by atoms with Crippen LogP contribution in [0.4, 0.5) is 0 Å². The topological polar surface area (TPSA) is 87.6 Å². The van der Waals surface area contributed by atoms with Gasteiger partial charge in [-0.3, -0.25) is 19.5 Å². The Balaban J connectivity index is 2.08. The van der Waals surface area contributed by atoms with E-state index in [0.29, 0.717) is 25.7 Å². The molecule has 0 spiro atoms. The van der Waals surface area contributed by atoms with Crippen molar-refractivity contribution in [2.45, 2.75) is 44.1 Å². The normalized spacial score (nSPS) is 21.0. The first-order chi connectivity index (χ1) is 10.1. The number of amides is 2. The van der Waals surface area contributed by atoms with Crippen molar-refractivity contribution in [2.75, 3.05) is 0 Å². The Labute approximate surface area is 121 Å². The number of carboxylic acids is 1. The van der Waals surface area contributed by atoms with Gasteiger partial charge in [0.1, 0.15) is 5.54 Å². The zero-order valence-electron chi connectivity index (χ0n) is 11.5. The predicted octanol–water partition coefficient (Wildman–Crippen LogP) is 1.86. The minimum absolute atomic E-state index is 0.201. The first-order valence-electron chi connectivity index (χ1n) is 7.14. The molecule has 0 saturated heterocycles. The quantitative estimate of drug-likeness (QED) is 0.663. The Kier molecular flexibility index (Phi) is 3.23. The maximum Gasteiger partial charge on any atom is 0.330 e. The molecule has 1 aromatic rings. The summed E-state index contributed by atoms with van der Waals surface area (Å²) in [5.74, 6) is -2.14. The molecule has 0 radical (unpaired) electrons. The largest absolute Gasteiger partial charge is 0.479 e. The molecule has 110 valence electrons. The molecular formula is C15H16N2O4. The Morgan fingerprint density at radius 2 is 1.71 bits per heavy atom. The van der Waals surface area contributed by atoms with Gasteiger partial charge in [0.25, 0.3) is 11.8 Å². The van der Waals surface area contributed by atoms with Crippen LogP contribution >= 0.6 is 0 Å². The average molecular weight is 288 g/mol. The zero-order valence-corrected chi connectivity index (χ0v) is 11.5. The Morgan fingerprint density at radius 3 is 2.29 bits per heavy atom. The number of hydrogen-bond donors (Lipinski definition) is 1. The molecule has 1 aromatic heterocycles. The number of carbonyl (C=O) groups is 3. The number of carboxylic acid groups (broad SMARTS) is 1. The van der Waals surface area contributed by atoms with E-state index in [2.05, 4.69) is 4.98 Å². The van der Waals surface area contributed by atoms with Crippen LogP contribution in [-0.4, -0.2) is 38.3 Å². The number of nitrogens with zero attached hydrogens (tertiary/aromatic N) is 2. The average Bonchev–Trinajstić information content (AvgIpc) is 2.67. The van der Waals surface area contributed by atoms with E-state index in [1.54, 1.807) is 0 Å². The van der Waals surface area contributed by atoms with Crippen molar-refractivity contribution in [1.82, 2.24) is 9.88 Å².